The third-order valence-corrected chi connectivity index (χ3v) is 5.20. The Hall–Kier alpha value is -3.52. The van der Waals surface area contributed by atoms with Crippen LogP contribution < -0.4 is 0 Å². The van der Waals surface area contributed by atoms with E-state index in [9.17, 15) is 0 Å². The molecule has 2 heteroatoms. The molecule has 0 atom stereocenters. The first-order valence-corrected chi connectivity index (χ1v) is 11.1. The van der Waals surface area contributed by atoms with Gasteiger partial charge in [-0.3, -0.25) is 0 Å². The SMILES string of the molecule is CCC.CCc1nc(-c2cccc(-c3ccccc3)c2)c2ccc3ccccc3c2n1. The maximum Gasteiger partial charge on any atom is 0.129 e. The van der Waals surface area contributed by atoms with Crippen LogP contribution in [0.3, 0.4) is 0 Å². The molecule has 0 saturated heterocycles. The van der Waals surface area contributed by atoms with Gasteiger partial charge in [0.2, 0.25) is 0 Å². The Morgan fingerprint density at radius 1 is 0.581 bits per heavy atom. The van der Waals surface area contributed by atoms with Crippen LogP contribution in [0.1, 0.15) is 33.0 Å². The zero-order valence-corrected chi connectivity index (χ0v) is 18.5. The van der Waals surface area contributed by atoms with Crippen LogP contribution in [0.25, 0.3) is 44.1 Å². The average molecular weight is 405 g/mol. The van der Waals surface area contributed by atoms with Crippen LogP contribution in [0.15, 0.2) is 91.0 Å². The van der Waals surface area contributed by atoms with Gasteiger partial charge in [-0.25, -0.2) is 9.97 Å². The van der Waals surface area contributed by atoms with E-state index in [2.05, 4.69) is 106 Å². The molecular weight excluding hydrogens is 376 g/mol. The summed E-state index contributed by atoms with van der Waals surface area (Å²) in [5.41, 5.74) is 5.57. The fourth-order valence-electron chi connectivity index (χ4n) is 3.76. The number of fused-ring (bicyclic) bond motifs is 3. The van der Waals surface area contributed by atoms with Crippen LogP contribution >= 0.6 is 0 Å². The van der Waals surface area contributed by atoms with E-state index in [0.29, 0.717) is 0 Å². The van der Waals surface area contributed by atoms with Gasteiger partial charge in [0.1, 0.15) is 5.82 Å². The standard InChI is InChI=1S/C26H20N2.C3H8/c1-2-24-27-25(21-13-8-12-20(17-21)18-9-4-3-5-10-18)23-16-15-19-11-6-7-14-22(19)26(23)28-24;1-3-2/h3-17H,2H2,1H3;3H2,1-2H3. The highest BCUT2D eigenvalue weighted by Crippen LogP contribution is 2.33. The summed E-state index contributed by atoms with van der Waals surface area (Å²) < 4.78 is 0. The Morgan fingerprint density at radius 3 is 2.03 bits per heavy atom. The van der Waals surface area contributed by atoms with E-state index in [1.807, 2.05) is 6.07 Å². The van der Waals surface area contributed by atoms with Crippen molar-refractivity contribution in [1.29, 1.82) is 0 Å². The van der Waals surface area contributed by atoms with Gasteiger partial charge in [0.05, 0.1) is 11.2 Å². The number of aromatic nitrogens is 2. The van der Waals surface area contributed by atoms with Crippen molar-refractivity contribution in [3.63, 3.8) is 0 Å². The average Bonchev–Trinajstić information content (AvgIpc) is 2.84. The minimum atomic E-state index is 0.810. The van der Waals surface area contributed by atoms with E-state index in [-0.39, 0.29) is 0 Å². The molecule has 0 aliphatic heterocycles. The van der Waals surface area contributed by atoms with Crippen molar-refractivity contribution in [3.8, 4) is 22.4 Å². The zero-order valence-electron chi connectivity index (χ0n) is 18.5. The number of aryl methyl sites for hydroxylation is 1. The lowest BCUT2D eigenvalue weighted by Crippen LogP contribution is -1.98. The van der Waals surface area contributed by atoms with Crippen molar-refractivity contribution in [2.45, 2.75) is 33.6 Å². The quantitative estimate of drug-likeness (QED) is 0.284. The van der Waals surface area contributed by atoms with Gasteiger partial charge in [-0.2, -0.15) is 0 Å². The summed E-state index contributed by atoms with van der Waals surface area (Å²) >= 11 is 0. The fourth-order valence-corrected chi connectivity index (χ4v) is 3.76. The lowest BCUT2D eigenvalue weighted by atomic mass is 9.98. The Morgan fingerprint density at radius 2 is 1.26 bits per heavy atom. The van der Waals surface area contributed by atoms with Gasteiger partial charge in [-0.15, -0.1) is 0 Å². The normalized spacial score (nSPS) is 10.7. The second-order valence-electron chi connectivity index (χ2n) is 7.68. The lowest BCUT2D eigenvalue weighted by molar-refractivity contribution is 0.965. The van der Waals surface area contributed by atoms with Gasteiger partial charge in [0.15, 0.2) is 0 Å². The number of rotatable bonds is 3. The molecule has 0 aliphatic rings. The molecular formula is C29H28N2. The highest BCUT2D eigenvalue weighted by Gasteiger charge is 2.12. The second kappa shape index (κ2) is 9.53. The highest BCUT2D eigenvalue weighted by molar-refractivity contribution is 6.09. The second-order valence-corrected chi connectivity index (χ2v) is 7.68. The van der Waals surface area contributed by atoms with Gasteiger partial charge in [-0.1, -0.05) is 106 Å². The van der Waals surface area contributed by atoms with Crippen molar-refractivity contribution in [2.24, 2.45) is 0 Å². The summed E-state index contributed by atoms with van der Waals surface area (Å²) in [6, 6.07) is 31.9. The van der Waals surface area contributed by atoms with E-state index >= 15 is 0 Å². The lowest BCUT2D eigenvalue weighted by Gasteiger charge is -2.11. The van der Waals surface area contributed by atoms with Gasteiger partial charge in [-0.05, 0) is 28.6 Å². The summed E-state index contributed by atoms with van der Waals surface area (Å²) in [4.78, 5) is 9.80. The molecule has 0 N–H and O–H groups in total. The van der Waals surface area contributed by atoms with Gasteiger partial charge < -0.3 is 0 Å². The van der Waals surface area contributed by atoms with Crippen molar-refractivity contribution in [3.05, 3.63) is 96.8 Å². The highest BCUT2D eigenvalue weighted by atomic mass is 14.9. The van der Waals surface area contributed by atoms with E-state index in [1.165, 1.54) is 28.3 Å². The van der Waals surface area contributed by atoms with E-state index < -0.39 is 0 Å². The van der Waals surface area contributed by atoms with E-state index in [4.69, 9.17) is 9.97 Å². The molecule has 31 heavy (non-hydrogen) atoms. The number of hydrogen-bond donors (Lipinski definition) is 0. The van der Waals surface area contributed by atoms with Crippen LogP contribution in [0.4, 0.5) is 0 Å². The molecule has 154 valence electrons. The molecule has 0 unspecified atom stereocenters. The predicted molar refractivity (Wildman–Crippen MR) is 133 cm³/mol. The monoisotopic (exact) mass is 404 g/mol. The summed E-state index contributed by atoms with van der Waals surface area (Å²) in [6.07, 6.45) is 2.06. The number of hydrogen-bond acceptors (Lipinski definition) is 2. The Bertz CT molecular complexity index is 1310. The third kappa shape index (κ3) is 4.34. The maximum absolute atomic E-state index is 4.92. The van der Waals surface area contributed by atoms with Gasteiger partial charge in [0, 0.05) is 22.8 Å². The molecule has 0 radical (unpaired) electrons. The van der Waals surface area contributed by atoms with Crippen molar-refractivity contribution in [2.75, 3.05) is 0 Å². The number of nitrogens with zero attached hydrogens (tertiary/aromatic N) is 2. The Kier molecular flexibility index (Phi) is 6.37. The largest absolute Gasteiger partial charge is 0.232 e. The molecule has 5 rings (SSSR count). The van der Waals surface area contributed by atoms with Crippen LogP contribution in [0.2, 0.25) is 0 Å². The van der Waals surface area contributed by atoms with Crippen LogP contribution in [-0.2, 0) is 6.42 Å². The molecule has 2 nitrogen and oxygen atoms in total. The maximum atomic E-state index is 4.92. The fraction of sp³-hybridized carbons (Fsp3) is 0.172. The minimum absolute atomic E-state index is 0.810. The van der Waals surface area contributed by atoms with Crippen LogP contribution in [0.5, 0.6) is 0 Å². The molecule has 1 heterocycles. The first-order chi connectivity index (χ1) is 15.2. The van der Waals surface area contributed by atoms with Gasteiger partial charge >= 0.3 is 0 Å². The first kappa shape index (κ1) is 20.7. The Balaban J connectivity index is 0.000000730. The smallest absolute Gasteiger partial charge is 0.129 e. The van der Waals surface area contributed by atoms with E-state index in [1.54, 1.807) is 0 Å². The molecule has 0 aliphatic carbocycles. The number of benzene rings is 4. The van der Waals surface area contributed by atoms with Gasteiger partial charge in [0.25, 0.3) is 0 Å². The molecule has 0 spiro atoms. The zero-order chi connectivity index (χ0) is 21.6. The van der Waals surface area contributed by atoms with E-state index in [0.717, 1.165) is 34.4 Å². The molecule has 0 amide bonds. The van der Waals surface area contributed by atoms with Crippen LogP contribution in [0, 0.1) is 0 Å². The third-order valence-electron chi connectivity index (χ3n) is 5.20. The molecule has 0 saturated carbocycles. The summed E-state index contributed by atoms with van der Waals surface area (Å²) in [5.74, 6) is 0.879. The summed E-state index contributed by atoms with van der Waals surface area (Å²) in [6.45, 7) is 6.36. The Labute approximate surface area is 184 Å². The topological polar surface area (TPSA) is 25.8 Å². The van der Waals surface area contributed by atoms with Crippen molar-refractivity contribution in [1.82, 2.24) is 9.97 Å². The molecule has 5 aromatic rings. The minimum Gasteiger partial charge on any atom is -0.232 e. The van der Waals surface area contributed by atoms with Crippen molar-refractivity contribution >= 4 is 21.7 Å². The summed E-state index contributed by atoms with van der Waals surface area (Å²) in [5, 5.41) is 3.48. The predicted octanol–water partition coefficient (Wildman–Crippen LogP) is 8.10. The summed E-state index contributed by atoms with van der Waals surface area (Å²) in [7, 11) is 0. The van der Waals surface area contributed by atoms with Crippen LogP contribution in [-0.4, -0.2) is 9.97 Å². The van der Waals surface area contributed by atoms with Crippen molar-refractivity contribution < 1.29 is 0 Å². The first-order valence-electron chi connectivity index (χ1n) is 11.1. The molecule has 0 bridgehead atoms. The molecule has 1 aromatic heterocycles. The molecule has 4 aromatic carbocycles. The molecule has 0 fully saturated rings.